The Balaban J connectivity index is 1.18. The zero-order valence-electron chi connectivity index (χ0n) is 34.9. The molecule has 0 radical (unpaired) electrons. The lowest BCUT2D eigenvalue weighted by molar-refractivity contribution is -0.152. The van der Waals surface area contributed by atoms with Gasteiger partial charge in [0.15, 0.2) is 10.8 Å². The predicted octanol–water partition coefficient (Wildman–Crippen LogP) is 7.28. The number of carbonyl (C=O) groups is 4. The molecule has 3 N–H and O–H groups in total. The van der Waals surface area contributed by atoms with Gasteiger partial charge in [0.25, 0.3) is 11.8 Å². The van der Waals surface area contributed by atoms with E-state index in [9.17, 15) is 19.2 Å². The lowest BCUT2D eigenvalue weighted by atomic mass is 9.80. The Morgan fingerprint density at radius 1 is 0.937 bits per heavy atom. The average Bonchev–Trinajstić information content (AvgIpc) is 3.75. The quantitative estimate of drug-likeness (QED) is 0.0240. The van der Waals surface area contributed by atoms with Crippen molar-refractivity contribution in [3.63, 3.8) is 0 Å². The first-order valence-corrected chi connectivity index (χ1v) is 22.2. The molecule has 1 saturated heterocycles. The van der Waals surface area contributed by atoms with E-state index in [4.69, 9.17) is 20.0 Å². The number of fused-ring (bicyclic) bond motifs is 1. The fraction of sp³-hybridized carbons (Fsp3) is 0.229. The molecule has 2 amide bonds. The normalized spacial score (nSPS) is 16.7. The summed E-state index contributed by atoms with van der Waals surface area (Å²) in [7, 11) is 0. The van der Waals surface area contributed by atoms with Crippen molar-refractivity contribution >= 4 is 63.8 Å². The number of hydrogen-bond donors (Lipinski definition) is 2. The van der Waals surface area contributed by atoms with Gasteiger partial charge in [-0.3, -0.25) is 19.5 Å². The second-order valence-electron chi connectivity index (χ2n) is 14.9. The summed E-state index contributed by atoms with van der Waals surface area (Å²) in [6.07, 6.45) is 9.05. The molecule has 0 unspecified atom stereocenters. The van der Waals surface area contributed by atoms with Crippen LogP contribution in [-0.4, -0.2) is 74.7 Å². The third-order valence-electron chi connectivity index (χ3n) is 10.3. The molecule has 4 heterocycles. The number of aromatic nitrogens is 2. The molecule has 322 valence electrons. The molecule has 13 nitrogen and oxygen atoms in total. The van der Waals surface area contributed by atoms with Gasteiger partial charge in [-0.2, -0.15) is 0 Å². The fourth-order valence-corrected chi connectivity index (χ4v) is 8.85. The molecule has 1 fully saturated rings. The van der Waals surface area contributed by atoms with Gasteiger partial charge in [0.1, 0.15) is 29.4 Å². The zero-order chi connectivity index (χ0) is 44.3. The standard InChI is InChI=1S/C48H46N6O7S2/c1-4-33(45(57)59-26-24-31(2)3)28-60-46(58)41-34(23-22-32-15-14-25-50-27-32)29-62-44-40(43(56)54(41)44)52-42(55)39(38-30-63-47(49)51-38)53-61-48(35-16-8-5-9-17-35,36-18-10-6-11-19-36)37-20-12-7-13-21-37/h4-23,25,27,30-31,40,44H,24,26,28-29H2,1-3H3,(H2,49,51)(H,52,55)/b23-22-,33-4+,53-39?/t40-,44-/m1/s1. The highest BCUT2D eigenvalue weighted by Crippen LogP contribution is 2.43. The first-order chi connectivity index (χ1) is 30.6. The van der Waals surface area contributed by atoms with Crippen molar-refractivity contribution in [2.75, 3.05) is 24.7 Å². The maximum atomic E-state index is 14.5. The molecule has 0 saturated carbocycles. The summed E-state index contributed by atoms with van der Waals surface area (Å²) >= 11 is 2.49. The molecular weight excluding hydrogens is 837 g/mol. The fourth-order valence-electron chi connectivity index (χ4n) is 6.98. The van der Waals surface area contributed by atoms with Crippen molar-refractivity contribution in [3.8, 4) is 0 Å². The molecule has 7 rings (SSSR count). The zero-order valence-corrected chi connectivity index (χ0v) is 36.5. The monoisotopic (exact) mass is 882 g/mol. The average molecular weight is 883 g/mol. The number of hydrogen-bond acceptors (Lipinski definition) is 13. The first-order valence-electron chi connectivity index (χ1n) is 20.3. The van der Waals surface area contributed by atoms with Gasteiger partial charge in [-0.1, -0.05) is 134 Å². The number of thioether (sulfide) groups is 1. The van der Waals surface area contributed by atoms with E-state index in [-0.39, 0.29) is 46.8 Å². The van der Waals surface area contributed by atoms with Gasteiger partial charge in [-0.25, -0.2) is 14.6 Å². The van der Waals surface area contributed by atoms with Crippen LogP contribution in [0.5, 0.6) is 0 Å². The van der Waals surface area contributed by atoms with Gasteiger partial charge in [-0.05, 0) is 36.5 Å². The largest absolute Gasteiger partial charge is 0.462 e. The van der Waals surface area contributed by atoms with Gasteiger partial charge < -0.3 is 25.4 Å². The number of nitrogen functional groups attached to an aromatic ring is 1. The van der Waals surface area contributed by atoms with Gasteiger partial charge in [-0.15, -0.1) is 23.1 Å². The molecule has 0 aliphatic carbocycles. The number of amides is 2. The molecule has 15 heteroatoms. The number of oxime groups is 1. The van der Waals surface area contributed by atoms with Crippen molar-refractivity contribution in [2.24, 2.45) is 11.1 Å². The van der Waals surface area contributed by atoms with Crippen molar-refractivity contribution in [1.82, 2.24) is 20.2 Å². The Bertz CT molecular complexity index is 2450. The second kappa shape index (κ2) is 20.4. The number of esters is 2. The SMILES string of the molecule is C/C=C(\COC(=O)C1=C(/C=C\c2cccnc2)CS[C@@H]2[C@H](NC(=O)C(=NOC(c3ccccc3)(c3ccccc3)c3ccccc3)c3csc(N)n3)C(=O)N12)C(=O)OCCC(C)C. The summed E-state index contributed by atoms with van der Waals surface area (Å²) < 4.78 is 11.1. The lowest BCUT2D eigenvalue weighted by Gasteiger charge is -2.49. The Labute approximate surface area is 373 Å². The Morgan fingerprint density at radius 2 is 1.59 bits per heavy atom. The van der Waals surface area contributed by atoms with Gasteiger partial charge in [0, 0.05) is 40.2 Å². The summed E-state index contributed by atoms with van der Waals surface area (Å²) in [5.41, 5.74) is 8.37. The minimum Gasteiger partial charge on any atom is -0.462 e. The summed E-state index contributed by atoms with van der Waals surface area (Å²) in [4.78, 5) is 72.0. The number of nitrogens with one attached hydrogen (secondary N) is 1. The second-order valence-corrected chi connectivity index (χ2v) is 16.9. The van der Waals surface area contributed by atoms with Crippen molar-refractivity contribution in [3.05, 3.63) is 178 Å². The minimum absolute atomic E-state index is 0.000818. The summed E-state index contributed by atoms with van der Waals surface area (Å²) in [6.45, 7) is 5.56. The van der Waals surface area contributed by atoms with E-state index in [1.807, 2.05) is 111 Å². The molecule has 3 aromatic carbocycles. The number of allylic oxidation sites excluding steroid dienone is 2. The van der Waals surface area contributed by atoms with Crippen LogP contribution >= 0.6 is 23.1 Å². The number of ether oxygens (including phenoxy) is 2. The van der Waals surface area contributed by atoms with Gasteiger partial charge in [0.05, 0.1) is 12.2 Å². The molecule has 2 aliphatic heterocycles. The van der Waals surface area contributed by atoms with E-state index >= 15 is 0 Å². The van der Waals surface area contributed by atoms with Crippen molar-refractivity contribution in [1.29, 1.82) is 0 Å². The number of anilines is 1. The van der Waals surface area contributed by atoms with Crippen LogP contribution in [0.4, 0.5) is 5.13 Å². The van der Waals surface area contributed by atoms with E-state index in [1.165, 1.54) is 22.7 Å². The topological polar surface area (TPSA) is 175 Å². The number of pyridine rings is 1. The van der Waals surface area contributed by atoms with Crippen LogP contribution in [0.15, 0.2) is 155 Å². The van der Waals surface area contributed by atoms with Crippen LogP contribution in [0, 0.1) is 5.92 Å². The van der Waals surface area contributed by atoms with Crippen LogP contribution < -0.4 is 11.1 Å². The third-order valence-corrected chi connectivity index (χ3v) is 12.3. The Kier molecular flexibility index (Phi) is 14.3. The number of carbonyl (C=O) groups excluding carboxylic acids is 4. The molecule has 63 heavy (non-hydrogen) atoms. The van der Waals surface area contributed by atoms with Crippen LogP contribution in [0.1, 0.15) is 55.1 Å². The number of thiazole rings is 1. The molecule has 2 atom stereocenters. The predicted molar refractivity (Wildman–Crippen MR) is 244 cm³/mol. The van der Waals surface area contributed by atoms with Crippen LogP contribution in [0.25, 0.3) is 6.08 Å². The molecule has 0 spiro atoms. The van der Waals surface area contributed by atoms with Crippen LogP contribution in [0.2, 0.25) is 0 Å². The van der Waals surface area contributed by atoms with Gasteiger partial charge in [0.2, 0.25) is 5.60 Å². The minimum atomic E-state index is -1.32. The van der Waals surface area contributed by atoms with E-state index in [0.717, 1.165) is 33.6 Å². The molecule has 5 aromatic rings. The number of benzene rings is 3. The molecule has 2 aliphatic rings. The smallest absolute Gasteiger partial charge is 0.355 e. The summed E-state index contributed by atoms with van der Waals surface area (Å²) in [5, 5.41) is 8.52. The van der Waals surface area contributed by atoms with E-state index in [0.29, 0.717) is 17.9 Å². The van der Waals surface area contributed by atoms with Gasteiger partial charge >= 0.3 is 11.9 Å². The highest BCUT2D eigenvalue weighted by molar-refractivity contribution is 8.00. The summed E-state index contributed by atoms with van der Waals surface area (Å²) in [5.74, 6) is -2.07. The Morgan fingerprint density at radius 3 is 2.14 bits per heavy atom. The summed E-state index contributed by atoms with van der Waals surface area (Å²) in [6, 6.07) is 31.2. The van der Waals surface area contributed by atoms with Crippen LogP contribution in [0.3, 0.4) is 0 Å². The lowest BCUT2D eigenvalue weighted by Crippen LogP contribution is -2.71. The molecule has 2 aromatic heterocycles. The van der Waals surface area contributed by atoms with E-state index in [2.05, 4.69) is 20.4 Å². The number of nitrogens with zero attached hydrogens (tertiary/aromatic N) is 4. The van der Waals surface area contributed by atoms with E-state index < -0.39 is 40.8 Å². The highest BCUT2D eigenvalue weighted by Gasteiger charge is 2.54. The first kappa shape index (κ1) is 44.2. The number of rotatable bonds is 17. The maximum absolute atomic E-state index is 14.5. The number of β-lactam (4-membered cyclic amide) rings is 1. The maximum Gasteiger partial charge on any atom is 0.355 e. The van der Waals surface area contributed by atoms with Crippen molar-refractivity contribution < 1.29 is 33.5 Å². The Hall–Kier alpha value is -6.84. The van der Waals surface area contributed by atoms with E-state index in [1.54, 1.807) is 42.9 Å². The third kappa shape index (κ3) is 9.95. The molecule has 0 bridgehead atoms. The highest BCUT2D eigenvalue weighted by atomic mass is 32.2. The van der Waals surface area contributed by atoms with Crippen molar-refractivity contribution in [2.45, 2.75) is 44.2 Å². The molecular formula is C48H46N6O7S2. The number of nitrogens with two attached hydrogens (primary N) is 1. The van der Waals surface area contributed by atoms with Crippen LogP contribution in [-0.2, 0) is 39.1 Å².